The van der Waals surface area contributed by atoms with Gasteiger partial charge in [0.25, 0.3) is 0 Å². The van der Waals surface area contributed by atoms with Crippen molar-refractivity contribution in [2.24, 2.45) is 5.18 Å². The number of alkyl halides is 1. The van der Waals surface area contributed by atoms with Crippen molar-refractivity contribution in [2.75, 3.05) is 6.61 Å². The molecular formula is C10H9F2NO3. The fourth-order valence-corrected chi connectivity index (χ4v) is 1.15. The Labute approximate surface area is 90.2 Å². The molecule has 0 aromatic heterocycles. The zero-order chi connectivity index (χ0) is 12.1. The maximum atomic E-state index is 13.5. The van der Waals surface area contributed by atoms with E-state index >= 15 is 0 Å². The summed E-state index contributed by atoms with van der Waals surface area (Å²) in [6, 6.07) is 2.71. The van der Waals surface area contributed by atoms with E-state index in [2.05, 4.69) is 9.91 Å². The molecule has 0 aliphatic carbocycles. The van der Waals surface area contributed by atoms with Crippen molar-refractivity contribution in [1.82, 2.24) is 0 Å². The molecule has 0 bridgehead atoms. The minimum atomic E-state index is -2.21. The lowest BCUT2D eigenvalue weighted by Gasteiger charge is -2.08. The van der Waals surface area contributed by atoms with Crippen LogP contribution < -0.4 is 0 Å². The number of carbonyl (C=O) groups is 1. The summed E-state index contributed by atoms with van der Waals surface area (Å²) < 4.78 is 30.8. The van der Waals surface area contributed by atoms with Crippen LogP contribution >= 0.6 is 0 Å². The predicted molar refractivity (Wildman–Crippen MR) is 52.3 cm³/mol. The van der Waals surface area contributed by atoms with Crippen LogP contribution in [0.5, 0.6) is 0 Å². The van der Waals surface area contributed by atoms with Gasteiger partial charge in [-0.3, -0.25) is 0 Å². The van der Waals surface area contributed by atoms with Crippen molar-refractivity contribution in [1.29, 1.82) is 0 Å². The highest BCUT2D eigenvalue weighted by Gasteiger charge is 2.25. The average molecular weight is 229 g/mol. The van der Waals surface area contributed by atoms with Crippen molar-refractivity contribution in [2.45, 2.75) is 13.1 Å². The Balaban J connectivity index is 3.05. The molecule has 0 aliphatic heterocycles. The molecule has 1 aromatic rings. The van der Waals surface area contributed by atoms with Crippen LogP contribution in [-0.2, 0) is 9.53 Å². The van der Waals surface area contributed by atoms with Crippen LogP contribution in [0.15, 0.2) is 23.4 Å². The Hall–Kier alpha value is -1.85. The summed E-state index contributed by atoms with van der Waals surface area (Å²) in [4.78, 5) is 21.4. The second kappa shape index (κ2) is 5.29. The van der Waals surface area contributed by atoms with E-state index in [1.807, 2.05) is 0 Å². The Kier molecular flexibility index (Phi) is 4.04. The van der Waals surface area contributed by atoms with E-state index in [-0.39, 0.29) is 12.3 Å². The molecule has 86 valence electrons. The molecule has 1 unspecified atom stereocenters. The molecule has 4 nitrogen and oxygen atoms in total. The van der Waals surface area contributed by atoms with E-state index in [0.29, 0.717) is 0 Å². The van der Waals surface area contributed by atoms with Crippen LogP contribution in [0.4, 0.5) is 14.5 Å². The molecular weight excluding hydrogens is 220 g/mol. The third kappa shape index (κ3) is 2.59. The van der Waals surface area contributed by atoms with Gasteiger partial charge in [0.2, 0.25) is 6.17 Å². The number of benzene rings is 1. The van der Waals surface area contributed by atoms with Gasteiger partial charge < -0.3 is 4.74 Å². The molecule has 0 spiro atoms. The number of halogens is 2. The van der Waals surface area contributed by atoms with Gasteiger partial charge in [-0.05, 0) is 30.3 Å². The van der Waals surface area contributed by atoms with Crippen molar-refractivity contribution in [3.05, 3.63) is 34.5 Å². The van der Waals surface area contributed by atoms with Gasteiger partial charge in [-0.2, -0.15) is 0 Å². The number of esters is 1. The largest absolute Gasteiger partial charge is 0.464 e. The standard InChI is InChI=1S/C10H9F2NO3/c1-2-16-10(14)9(12)7-5-6(11)3-4-8(7)13-15/h3-5,9H,2H2,1H3. The third-order valence-corrected chi connectivity index (χ3v) is 1.85. The zero-order valence-electron chi connectivity index (χ0n) is 8.44. The van der Waals surface area contributed by atoms with E-state index in [4.69, 9.17) is 0 Å². The molecule has 1 aromatic carbocycles. The number of nitroso groups, excluding NO2 is 1. The minimum Gasteiger partial charge on any atom is -0.464 e. The highest BCUT2D eigenvalue weighted by atomic mass is 19.1. The van der Waals surface area contributed by atoms with Gasteiger partial charge in [-0.1, -0.05) is 0 Å². The van der Waals surface area contributed by atoms with E-state index in [1.165, 1.54) is 6.92 Å². The Morgan fingerprint density at radius 3 is 2.81 bits per heavy atom. The number of carbonyl (C=O) groups excluding carboxylic acids is 1. The summed E-state index contributed by atoms with van der Waals surface area (Å²) in [6.07, 6.45) is -2.21. The lowest BCUT2D eigenvalue weighted by atomic mass is 10.1. The predicted octanol–water partition coefficient (Wildman–Crippen LogP) is 2.80. The van der Waals surface area contributed by atoms with E-state index in [1.54, 1.807) is 0 Å². The summed E-state index contributed by atoms with van der Waals surface area (Å²) >= 11 is 0. The molecule has 16 heavy (non-hydrogen) atoms. The molecule has 1 atom stereocenters. The third-order valence-electron chi connectivity index (χ3n) is 1.85. The fourth-order valence-electron chi connectivity index (χ4n) is 1.15. The smallest absolute Gasteiger partial charge is 0.345 e. The first-order chi connectivity index (χ1) is 7.60. The van der Waals surface area contributed by atoms with Gasteiger partial charge in [0, 0.05) is 5.56 Å². The molecule has 0 N–H and O–H groups in total. The number of rotatable bonds is 4. The van der Waals surface area contributed by atoms with Crippen LogP contribution in [0, 0.1) is 10.7 Å². The normalized spacial score (nSPS) is 11.9. The Morgan fingerprint density at radius 2 is 2.25 bits per heavy atom. The minimum absolute atomic E-state index is 0.00157. The molecule has 6 heteroatoms. The number of hydrogen-bond acceptors (Lipinski definition) is 4. The first-order valence-corrected chi connectivity index (χ1v) is 4.53. The summed E-state index contributed by atoms with van der Waals surface area (Å²) in [6.45, 7) is 1.51. The second-order valence-corrected chi connectivity index (χ2v) is 2.91. The zero-order valence-corrected chi connectivity index (χ0v) is 8.44. The molecule has 0 radical (unpaired) electrons. The van der Waals surface area contributed by atoms with Crippen LogP contribution in [0.25, 0.3) is 0 Å². The summed E-state index contributed by atoms with van der Waals surface area (Å²) in [5.74, 6) is -1.92. The van der Waals surface area contributed by atoms with Crippen LogP contribution in [-0.4, -0.2) is 12.6 Å². The molecule has 0 fully saturated rings. The lowest BCUT2D eigenvalue weighted by molar-refractivity contribution is -0.149. The van der Waals surface area contributed by atoms with Crippen LogP contribution in [0.1, 0.15) is 18.7 Å². The fraction of sp³-hybridized carbons (Fsp3) is 0.300. The van der Waals surface area contributed by atoms with Gasteiger partial charge in [-0.15, -0.1) is 4.91 Å². The van der Waals surface area contributed by atoms with Gasteiger partial charge in [0.05, 0.1) is 6.61 Å². The van der Waals surface area contributed by atoms with Gasteiger partial charge in [0.15, 0.2) is 0 Å². The Morgan fingerprint density at radius 1 is 1.56 bits per heavy atom. The average Bonchev–Trinajstić information content (AvgIpc) is 2.28. The van der Waals surface area contributed by atoms with E-state index in [9.17, 15) is 18.5 Å². The summed E-state index contributed by atoms with van der Waals surface area (Å²) in [5.41, 5.74) is -0.740. The lowest BCUT2D eigenvalue weighted by Crippen LogP contribution is -2.12. The van der Waals surface area contributed by atoms with Gasteiger partial charge in [0.1, 0.15) is 11.5 Å². The molecule has 1 rings (SSSR count). The van der Waals surface area contributed by atoms with Crippen molar-refractivity contribution < 1.29 is 18.3 Å². The summed E-state index contributed by atoms with van der Waals surface area (Å²) in [7, 11) is 0. The second-order valence-electron chi connectivity index (χ2n) is 2.91. The molecule has 0 aliphatic rings. The first-order valence-electron chi connectivity index (χ1n) is 4.53. The van der Waals surface area contributed by atoms with Gasteiger partial charge in [-0.25, -0.2) is 13.6 Å². The van der Waals surface area contributed by atoms with Crippen molar-refractivity contribution in [3.63, 3.8) is 0 Å². The molecule has 0 saturated carbocycles. The van der Waals surface area contributed by atoms with E-state index in [0.717, 1.165) is 18.2 Å². The first kappa shape index (κ1) is 12.2. The maximum absolute atomic E-state index is 13.5. The molecule has 0 saturated heterocycles. The Bertz CT molecular complexity index is 409. The SMILES string of the molecule is CCOC(=O)C(F)c1cc(F)ccc1N=O. The monoisotopic (exact) mass is 229 g/mol. The maximum Gasteiger partial charge on any atom is 0.345 e. The highest BCUT2D eigenvalue weighted by molar-refractivity contribution is 5.78. The number of hydrogen-bond donors (Lipinski definition) is 0. The topological polar surface area (TPSA) is 55.7 Å². The molecule has 0 heterocycles. The quantitative estimate of drug-likeness (QED) is 0.589. The number of ether oxygens (including phenoxy) is 1. The van der Waals surface area contributed by atoms with Crippen LogP contribution in [0.3, 0.4) is 0 Å². The summed E-state index contributed by atoms with van der Waals surface area (Å²) in [5, 5.41) is 2.51. The van der Waals surface area contributed by atoms with Crippen molar-refractivity contribution in [3.8, 4) is 0 Å². The van der Waals surface area contributed by atoms with E-state index < -0.39 is 23.5 Å². The molecule has 0 amide bonds. The van der Waals surface area contributed by atoms with Crippen molar-refractivity contribution >= 4 is 11.7 Å². The van der Waals surface area contributed by atoms with Crippen LogP contribution in [0.2, 0.25) is 0 Å². The number of nitrogens with zero attached hydrogens (tertiary/aromatic N) is 1. The highest BCUT2D eigenvalue weighted by Crippen LogP contribution is 2.29. The van der Waals surface area contributed by atoms with Gasteiger partial charge >= 0.3 is 5.97 Å².